The van der Waals surface area contributed by atoms with E-state index in [1.807, 2.05) is 0 Å². The van der Waals surface area contributed by atoms with Crippen molar-refractivity contribution in [3.8, 4) is 0 Å². The molecule has 2 aliphatic carbocycles. The van der Waals surface area contributed by atoms with E-state index in [-0.39, 0.29) is 0 Å². The van der Waals surface area contributed by atoms with Crippen LogP contribution in [0.5, 0.6) is 0 Å². The number of nitrogens with zero attached hydrogens (tertiary/aromatic N) is 1. The SMILES string of the molecule is C1=Cc2ccc(C3CC3)nc2C=CC1. The number of fused-ring (bicyclic) bond motifs is 1. The number of hydrogen-bond acceptors (Lipinski definition) is 1. The van der Waals surface area contributed by atoms with E-state index in [9.17, 15) is 0 Å². The highest BCUT2D eigenvalue weighted by Crippen LogP contribution is 2.39. The van der Waals surface area contributed by atoms with Gasteiger partial charge in [-0.05, 0) is 37.0 Å². The molecule has 0 saturated heterocycles. The second kappa shape index (κ2) is 3.09. The maximum Gasteiger partial charge on any atom is 0.0702 e. The molecule has 3 rings (SSSR count). The normalized spacial score (nSPS) is 19.1. The van der Waals surface area contributed by atoms with Gasteiger partial charge in [0.25, 0.3) is 0 Å². The first-order valence-electron chi connectivity index (χ1n) is 5.27. The van der Waals surface area contributed by atoms with Crippen molar-refractivity contribution >= 4 is 12.2 Å². The molecule has 1 heteroatoms. The zero-order chi connectivity index (χ0) is 9.38. The third-order valence-corrected chi connectivity index (χ3v) is 2.82. The average Bonchev–Trinajstić information content (AvgIpc) is 3.04. The molecule has 1 fully saturated rings. The number of rotatable bonds is 1. The number of hydrogen-bond donors (Lipinski definition) is 0. The van der Waals surface area contributed by atoms with Crippen molar-refractivity contribution in [1.29, 1.82) is 0 Å². The van der Waals surface area contributed by atoms with E-state index in [0.717, 1.165) is 18.0 Å². The maximum absolute atomic E-state index is 4.70. The van der Waals surface area contributed by atoms with Gasteiger partial charge < -0.3 is 0 Å². The summed E-state index contributed by atoms with van der Waals surface area (Å²) in [4.78, 5) is 4.70. The topological polar surface area (TPSA) is 12.9 Å². The molecule has 1 nitrogen and oxygen atoms in total. The summed E-state index contributed by atoms with van der Waals surface area (Å²) in [6, 6.07) is 4.38. The zero-order valence-corrected chi connectivity index (χ0v) is 8.11. The molecule has 0 aliphatic heterocycles. The molecule has 0 bridgehead atoms. The number of pyridine rings is 1. The number of aromatic nitrogens is 1. The predicted molar refractivity (Wildman–Crippen MR) is 58.9 cm³/mol. The summed E-state index contributed by atoms with van der Waals surface area (Å²) in [6.45, 7) is 0. The molecule has 1 aromatic rings. The van der Waals surface area contributed by atoms with Gasteiger partial charge in [-0.2, -0.15) is 0 Å². The smallest absolute Gasteiger partial charge is 0.0702 e. The molecule has 0 aromatic carbocycles. The summed E-state index contributed by atoms with van der Waals surface area (Å²) in [5.74, 6) is 0.751. The van der Waals surface area contributed by atoms with Crippen LogP contribution < -0.4 is 0 Å². The van der Waals surface area contributed by atoms with E-state index in [1.54, 1.807) is 0 Å². The molecule has 0 amide bonds. The Kier molecular flexibility index (Phi) is 1.76. The molecule has 70 valence electrons. The van der Waals surface area contributed by atoms with E-state index < -0.39 is 0 Å². The third-order valence-electron chi connectivity index (χ3n) is 2.82. The van der Waals surface area contributed by atoms with Crippen LogP contribution in [0.25, 0.3) is 12.2 Å². The molecular formula is C13H13N. The van der Waals surface area contributed by atoms with Crippen molar-refractivity contribution < 1.29 is 0 Å². The Bertz CT molecular complexity index is 411. The van der Waals surface area contributed by atoms with Crippen LogP contribution in [0.2, 0.25) is 0 Å². The highest BCUT2D eigenvalue weighted by molar-refractivity contribution is 5.64. The molecule has 1 aromatic heterocycles. The van der Waals surface area contributed by atoms with Crippen LogP contribution in [0.1, 0.15) is 42.1 Å². The standard InChI is InChI=1S/C13H13N/c1-2-4-10-8-9-13(11-6-7-11)14-12(10)5-3-1/h2-5,8-9,11H,1,6-7H2. The summed E-state index contributed by atoms with van der Waals surface area (Å²) < 4.78 is 0. The Morgan fingerprint density at radius 1 is 1.07 bits per heavy atom. The maximum atomic E-state index is 4.70. The fraction of sp³-hybridized carbons (Fsp3) is 0.308. The second-order valence-electron chi connectivity index (χ2n) is 4.03. The van der Waals surface area contributed by atoms with Crippen molar-refractivity contribution in [2.75, 3.05) is 0 Å². The largest absolute Gasteiger partial charge is 0.253 e. The number of allylic oxidation sites excluding steroid dienone is 2. The van der Waals surface area contributed by atoms with Crippen LogP contribution >= 0.6 is 0 Å². The highest BCUT2D eigenvalue weighted by Gasteiger charge is 2.25. The first kappa shape index (κ1) is 7.98. The molecule has 0 atom stereocenters. The Morgan fingerprint density at radius 2 is 1.93 bits per heavy atom. The summed E-state index contributed by atoms with van der Waals surface area (Å²) in [6.07, 6.45) is 12.3. The summed E-state index contributed by atoms with van der Waals surface area (Å²) in [5, 5.41) is 0. The van der Waals surface area contributed by atoms with E-state index in [1.165, 1.54) is 24.1 Å². The minimum atomic E-state index is 0.751. The van der Waals surface area contributed by atoms with Gasteiger partial charge in [0.15, 0.2) is 0 Å². The molecule has 0 spiro atoms. The molecule has 2 aliphatic rings. The quantitative estimate of drug-likeness (QED) is 0.650. The zero-order valence-electron chi connectivity index (χ0n) is 8.11. The van der Waals surface area contributed by atoms with Crippen molar-refractivity contribution in [2.24, 2.45) is 0 Å². The Balaban J connectivity index is 2.07. The molecule has 0 N–H and O–H groups in total. The molecular weight excluding hydrogens is 170 g/mol. The lowest BCUT2D eigenvalue weighted by atomic mass is 10.1. The Morgan fingerprint density at radius 3 is 2.79 bits per heavy atom. The summed E-state index contributed by atoms with van der Waals surface area (Å²) in [5.41, 5.74) is 3.68. The van der Waals surface area contributed by atoms with Crippen LogP contribution in [-0.2, 0) is 0 Å². The average molecular weight is 183 g/mol. The van der Waals surface area contributed by atoms with Gasteiger partial charge in [0.05, 0.1) is 5.69 Å². The first-order chi connectivity index (χ1) is 6.93. The third kappa shape index (κ3) is 1.39. The van der Waals surface area contributed by atoms with Gasteiger partial charge in [-0.25, -0.2) is 0 Å². The van der Waals surface area contributed by atoms with Gasteiger partial charge in [0.2, 0.25) is 0 Å². The van der Waals surface area contributed by atoms with Crippen molar-refractivity contribution in [2.45, 2.75) is 25.2 Å². The first-order valence-corrected chi connectivity index (χ1v) is 5.27. The van der Waals surface area contributed by atoms with E-state index in [4.69, 9.17) is 4.98 Å². The lowest BCUT2D eigenvalue weighted by Crippen LogP contribution is -1.91. The van der Waals surface area contributed by atoms with Crippen LogP contribution in [0.15, 0.2) is 24.3 Å². The van der Waals surface area contributed by atoms with Gasteiger partial charge in [-0.15, -0.1) is 0 Å². The fourth-order valence-corrected chi connectivity index (χ4v) is 1.84. The van der Waals surface area contributed by atoms with Crippen LogP contribution in [0.3, 0.4) is 0 Å². The van der Waals surface area contributed by atoms with Gasteiger partial charge in [-0.3, -0.25) is 4.98 Å². The van der Waals surface area contributed by atoms with E-state index in [2.05, 4.69) is 36.4 Å². The lowest BCUT2D eigenvalue weighted by molar-refractivity contribution is 1.01. The summed E-state index contributed by atoms with van der Waals surface area (Å²) >= 11 is 0. The van der Waals surface area contributed by atoms with Gasteiger partial charge in [0.1, 0.15) is 0 Å². The monoisotopic (exact) mass is 183 g/mol. The molecule has 0 unspecified atom stereocenters. The minimum Gasteiger partial charge on any atom is -0.253 e. The van der Waals surface area contributed by atoms with Gasteiger partial charge >= 0.3 is 0 Å². The van der Waals surface area contributed by atoms with Crippen LogP contribution in [-0.4, -0.2) is 4.98 Å². The second-order valence-corrected chi connectivity index (χ2v) is 4.03. The Hall–Kier alpha value is -1.37. The fourth-order valence-electron chi connectivity index (χ4n) is 1.84. The molecule has 1 saturated carbocycles. The Labute approximate surface area is 84.2 Å². The van der Waals surface area contributed by atoms with E-state index in [0.29, 0.717) is 0 Å². The minimum absolute atomic E-state index is 0.751. The molecule has 0 radical (unpaired) electrons. The van der Waals surface area contributed by atoms with Gasteiger partial charge in [0, 0.05) is 11.6 Å². The van der Waals surface area contributed by atoms with Crippen LogP contribution in [0, 0.1) is 0 Å². The van der Waals surface area contributed by atoms with Crippen molar-refractivity contribution in [1.82, 2.24) is 4.98 Å². The van der Waals surface area contributed by atoms with Crippen molar-refractivity contribution in [3.05, 3.63) is 41.2 Å². The highest BCUT2D eigenvalue weighted by atomic mass is 14.7. The molecule has 1 heterocycles. The lowest BCUT2D eigenvalue weighted by Gasteiger charge is -2.02. The predicted octanol–water partition coefficient (Wildman–Crippen LogP) is 3.39. The summed E-state index contributed by atoms with van der Waals surface area (Å²) in [7, 11) is 0. The molecule has 14 heavy (non-hydrogen) atoms. The van der Waals surface area contributed by atoms with Crippen LogP contribution in [0.4, 0.5) is 0 Å². The van der Waals surface area contributed by atoms with E-state index >= 15 is 0 Å². The van der Waals surface area contributed by atoms with Gasteiger partial charge in [-0.1, -0.05) is 24.3 Å². The van der Waals surface area contributed by atoms with Crippen molar-refractivity contribution in [3.63, 3.8) is 0 Å².